The zero-order valence-corrected chi connectivity index (χ0v) is 12.4. The Morgan fingerprint density at radius 1 is 1.15 bits per heavy atom. The molecule has 0 aliphatic heterocycles. The van der Waals surface area contributed by atoms with Gasteiger partial charge in [0.05, 0.1) is 0 Å². The highest BCUT2D eigenvalue weighted by Crippen LogP contribution is 2.72. The molecular weight excluding hydrogens is 244 g/mol. The molecule has 3 saturated carbocycles. The third-order valence-corrected chi connectivity index (χ3v) is 6.24. The number of nitrogens with one attached hydrogen (secondary N) is 1. The number of hydrogen-bond donors (Lipinski definition) is 2. The molecule has 3 aliphatic rings. The van der Waals surface area contributed by atoms with Gasteiger partial charge in [0.1, 0.15) is 0 Å². The molecule has 2 heteroatoms. The van der Waals surface area contributed by atoms with Crippen LogP contribution in [0.5, 0.6) is 0 Å². The van der Waals surface area contributed by atoms with Gasteiger partial charge in [0.25, 0.3) is 0 Å². The fraction of sp³-hybridized carbons (Fsp3) is 0.667. The first-order chi connectivity index (χ1) is 9.83. The Kier molecular flexibility index (Phi) is 3.12. The number of aryl methyl sites for hydroxylation is 1. The molecule has 0 radical (unpaired) electrons. The Morgan fingerprint density at radius 2 is 1.80 bits per heavy atom. The Bertz CT molecular complexity index is 465. The summed E-state index contributed by atoms with van der Waals surface area (Å²) in [4.78, 5) is 0. The van der Waals surface area contributed by atoms with Crippen molar-refractivity contribution >= 4 is 0 Å². The smallest absolute Gasteiger partial charge is 0.0493 e. The predicted octanol–water partition coefficient (Wildman–Crippen LogP) is 3.44. The third kappa shape index (κ3) is 1.85. The number of benzene rings is 1. The van der Waals surface area contributed by atoms with Crippen molar-refractivity contribution < 1.29 is 0 Å². The zero-order chi connectivity index (χ0) is 13.7. The van der Waals surface area contributed by atoms with Gasteiger partial charge in [-0.2, -0.15) is 0 Å². The molecule has 20 heavy (non-hydrogen) atoms. The second-order valence-electron chi connectivity index (χ2n) is 7.20. The Morgan fingerprint density at radius 3 is 2.35 bits per heavy atom. The summed E-state index contributed by atoms with van der Waals surface area (Å²) in [5.41, 5.74) is 5.97. The summed E-state index contributed by atoms with van der Waals surface area (Å²) < 4.78 is 0. The summed E-state index contributed by atoms with van der Waals surface area (Å²) in [6.07, 6.45) is 6.87. The van der Waals surface area contributed by atoms with Crippen LogP contribution in [0, 0.1) is 29.6 Å². The molecule has 0 heterocycles. The average Bonchev–Trinajstić information content (AvgIpc) is 2.90. The van der Waals surface area contributed by atoms with Crippen LogP contribution in [0.3, 0.4) is 0 Å². The largest absolute Gasteiger partial charge is 0.271 e. The number of nitrogens with two attached hydrogens (primary N) is 1. The van der Waals surface area contributed by atoms with E-state index in [1.165, 1.54) is 43.2 Å². The Hall–Kier alpha value is -0.860. The maximum atomic E-state index is 5.91. The summed E-state index contributed by atoms with van der Waals surface area (Å²) in [6.45, 7) is 2.24. The lowest BCUT2D eigenvalue weighted by atomic mass is 9.92. The van der Waals surface area contributed by atoms with Crippen molar-refractivity contribution in [3.05, 3.63) is 35.4 Å². The van der Waals surface area contributed by atoms with Crippen LogP contribution < -0.4 is 11.3 Å². The van der Waals surface area contributed by atoms with Crippen LogP contribution >= 0.6 is 0 Å². The molecule has 3 aliphatic carbocycles. The first kappa shape index (κ1) is 12.8. The van der Waals surface area contributed by atoms with Crippen LogP contribution in [-0.2, 0) is 6.42 Å². The molecule has 1 aromatic rings. The van der Waals surface area contributed by atoms with E-state index in [1.54, 1.807) is 0 Å². The maximum absolute atomic E-state index is 5.91. The minimum atomic E-state index is 0.379. The topological polar surface area (TPSA) is 38.0 Å². The average molecular weight is 270 g/mol. The van der Waals surface area contributed by atoms with Crippen molar-refractivity contribution in [2.24, 2.45) is 35.4 Å². The van der Waals surface area contributed by atoms with E-state index in [9.17, 15) is 0 Å². The molecule has 4 rings (SSSR count). The van der Waals surface area contributed by atoms with Crippen LogP contribution in [0.25, 0.3) is 0 Å². The highest BCUT2D eigenvalue weighted by Gasteiger charge is 2.66. The van der Waals surface area contributed by atoms with Gasteiger partial charge in [0.2, 0.25) is 0 Å². The molecule has 0 aromatic heterocycles. The molecule has 1 aromatic carbocycles. The minimum absolute atomic E-state index is 0.379. The molecular formula is C18H26N2. The predicted molar refractivity (Wildman–Crippen MR) is 81.8 cm³/mol. The van der Waals surface area contributed by atoms with Crippen LogP contribution in [0.2, 0.25) is 0 Å². The first-order valence-electron chi connectivity index (χ1n) is 8.38. The van der Waals surface area contributed by atoms with Crippen LogP contribution in [0.15, 0.2) is 24.3 Å². The van der Waals surface area contributed by atoms with Gasteiger partial charge in [-0.25, -0.2) is 0 Å². The number of hydrogen-bond acceptors (Lipinski definition) is 2. The van der Waals surface area contributed by atoms with Crippen LogP contribution in [0.1, 0.15) is 49.8 Å². The van der Waals surface area contributed by atoms with E-state index in [-0.39, 0.29) is 0 Å². The lowest BCUT2D eigenvalue weighted by Gasteiger charge is -2.20. The molecule has 5 unspecified atom stereocenters. The van der Waals surface area contributed by atoms with E-state index in [4.69, 9.17) is 5.84 Å². The number of rotatable bonds is 5. The van der Waals surface area contributed by atoms with Crippen molar-refractivity contribution in [2.75, 3.05) is 0 Å². The van der Waals surface area contributed by atoms with Gasteiger partial charge in [0.15, 0.2) is 0 Å². The quantitative estimate of drug-likeness (QED) is 0.635. The van der Waals surface area contributed by atoms with E-state index in [0.29, 0.717) is 6.04 Å². The fourth-order valence-corrected chi connectivity index (χ4v) is 5.45. The Balaban J connectivity index is 1.51. The highest BCUT2D eigenvalue weighted by atomic mass is 15.2. The first-order valence-corrected chi connectivity index (χ1v) is 8.38. The summed E-state index contributed by atoms with van der Waals surface area (Å²) in [5.74, 6) is 10.7. The van der Waals surface area contributed by atoms with E-state index < -0.39 is 0 Å². The minimum Gasteiger partial charge on any atom is -0.271 e. The summed E-state index contributed by atoms with van der Waals surface area (Å²) in [6, 6.07) is 9.55. The van der Waals surface area contributed by atoms with Crippen molar-refractivity contribution in [1.82, 2.24) is 5.43 Å². The molecule has 108 valence electrons. The van der Waals surface area contributed by atoms with Gasteiger partial charge >= 0.3 is 0 Å². The van der Waals surface area contributed by atoms with Crippen LogP contribution in [0.4, 0.5) is 0 Å². The molecule has 2 nitrogen and oxygen atoms in total. The van der Waals surface area contributed by atoms with Crippen molar-refractivity contribution in [3.8, 4) is 0 Å². The third-order valence-electron chi connectivity index (χ3n) is 6.24. The SMILES string of the molecule is CCCc1ccc(C(NN)C2C3C4CCC(C4)C32)cc1. The van der Waals surface area contributed by atoms with Gasteiger partial charge < -0.3 is 0 Å². The van der Waals surface area contributed by atoms with Crippen molar-refractivity contribution in [1.29, 1.82) is 0 Å². The fourth-order valence-electron chi connectivity index (χ4n) is 5.45. The van der Waals surface area contributed by atoms with Gasteiger partial charge in [0, 0.05) is 6.04 Å². The summed E-state index contributed by atoms with van der Waals surface area (Å²) in [5, 5.41) is 0. The molecule has 5 atom stereocenters. The zero-order valence-electron chi connectivity index (χ0n) is 12.4. The lowest BCUT2D eigenvalue weighted by Crippen LogP contribution is -2.31. The Labute approximate surface area is 122 Å². The van der Waals surface area contributed by atoms with Gasteiger partial charge in [-0.15, -0.1) is 0 Å². The van der Waals surface area contributed by atoms with Crippen LogP contribution in [-0.4, -0.2) is 0 Å². The summed E-state index contributed by atoms with van der Waals surface area (Å²) >= 11 is 0. The lowest BCUT2D eigenvalue weighted by molar-refractivity contribution is 0.374. The highest BCUT2D eigenvalue weighted by molar-refractivity contribution is 5.29. The van der Waals surface area contributed by atoms with Gasteiger partial charge in [-0.3, -0.25) is 11.3 Å². The molecule has 3 N–H and O–H groups in total. The number of hydrazine groups is 1. The summed E-state index contributed by atoms with van der Waals surface area (Å²) in [7, 11) is 0. The molecule has 3 fully saturated rings. The van der Waals surface area contributed by atoms with Crippen molar-refractivity contribution in [3.63, 3.8) is 0 Å². The van der Waals surface area contributed by atoms with E-state index in [1.807, 2.05) is 0 Å². The monoisotopic (exact) mass is 270 g/mol. The number of fused-ring (bicyclic) bond motifs is 5. The maximum Gasteiger partial charge on any atom is 0.0493 e. The van der Waals surface area contributed by atoms with Crippen molar-refractivity contribution in [2.45, 2.75) is 45.1 Å². The van der Waals surface area contributed by atoms with Gasteiger partial charge in [-0.1, -0.05) is 37.6 Å². The molecule has 2 bridgehead atoms. The molecule has 0 spiro atoms. The normalized spacial score (nSPS) is 38.8. The second-order valence-corrected chi connectivity index (χ2v) is 7.20. The molecule has 0 saturated heterocycles. The van der Waals surface area contributed by atoms with Gasteiger partial charge in [-0.05, 0) is 66.4 Å². The molecule has 0 amide bonds. The standard InChI is InChI=1S/C18H26N2/c1-2-3-11-4-6-12(7-5-11)18(20-19)17-15-13-8-9-14(10-13)16(15)17/h4-7,13-18,20H,2-3,8-10,19H2,1H3. The van der Waals surface area contributed by atoms with E-state index in [2.05, 4.69) is 36.6 Å². The second kappa shape index (κ2) is 4.85. The van der Waals surface area contributed by atoms with E-state index >= 15 is 0 Å². The van der Waals surface area contributed by atoms with E-state index in [0.717, 1.165) is 29.6 Å².